The third-order valence-electron chi connectivity index (χ3n) is 2.38. The highest BCUT2D eigenvalue weighted by atomic mass is 16.1. The van der Waals surface area contributed by atoms with Crippen LogP contribution in [0.2, 0.25) is 0 Å². The molecule has 4 heteroatoms. The molecular weight excluding hydrogens is 214 g/mol. The molecule has 2 N–H and O–H groups in total. The van der Waals surface area contributed by atoms with E-state index in [-0.39, 0.29) is 5.91 Å². The second kappa shape index (κ2) is 5.39. The van der Waals surface area contributed by atoms with Crippen molar-refractivity contribution in [2.45, 2.75) is 27.7 Å². The lowest BCUT2D eigenvalue weighted by Gasteiger charge is -2.09. The maximum atomic E-state index is 11.0. The molecule has 1 aromatic heterocycles. The van der Waals surface area contributed by atoms with Gasteiger partial charge in [-0.05, 0) is 38.0 Å². The fourth-order valence-corrected chi connectivity index (χ4v) is 1.62. The Balaban J connectivity index is 3.12. The first-order chi connectivity index (χ1) is 7.95. The Bertz CT molecular complexity index is 489. The van der Waals surface area contributed by atoms with Crippen LogP contribution in [0, 0.1) is 12.3 Å². The number of carbonyl (C=O) groups excluding carboxylic acids is 1. The summed E-state index contributed by atoms with van der Waals surface area (Å²) in [5.41, 5.74) is 3.14. The van der Waals surface area contributed by atoms with Crippen LogP contribution in [0.1, 0.15) is 31.9 Å². The molecule has 1 heterocycles. The molecule has 0 saturated heterocycles. The fraction of sp³-hybridized carbons (Fsp3) is 0.308. The van der Waals surface area contributed by atoms with Crippen LogP contribution >= 0.6 is 0 Å². The van der Waals surface area contributed by atoms with E-state index in [9.17, 15) is 4.79 Å². The van der Waals surface area contributed by atoms with Gasteiger partial charge in [-0.25, -0.2) is 4.98 Å². The minimum absolute atomic E-state index is 0.136. The molecule has 1 amide bonds. The SMILES string of the molecule is C/C=C(/C(C)=N)c1cnc(NC(C)=O)c(C)c1. The highest BCUT2D eigenvalue weighted by molar-refractivity contribution is 6.21. The molecule has 1 aromatic rings. The van der Waals surface area contributed by atoms with Gasteiger partial charge in [-0.2, -0.15) is 0 Å². The normalized spacial score (nSPS) is 11.2. The number of amides is 1. The van der Waals surface area contributed by atoms with Crippen molar-refractivity contribution in [1.82, 2.24) is 4.98 Å². The van der Waals surface area contributed by atoms with Gasteiger partial charge in [-0.15, -0.1) is 0 Å². The summed E-state index contributed by atoms with van der Waals surface area (Å²) in [5.74, 6) is 0.433. The van der Waals surface area contributed by atoms with Gasteiger partial charge in [-0.3, -0.25) is 4.79 Å². The summed E-state index contributed by atoms with van der Waals surface area (Å²) < 4.78 is 0. The van der Waals surface area contributed by atoms with Gasteiger partial charge in [0.25, 0.3) is 0 Å². The number of anilines is 1. The number of rotatable bonds is 3. The number of nitrogens with one attached hydrogen (secondary N) is 2. The Morgan fingerprint density at radius 3 is 2.53 bits per heavy atom. The molecule has 0 aromatic carbocycles. The summed E-state index contributed by atoms with van der Waals surface area (Å²) in [5, 5.41) is 10.3. The molecule has 17 heavy (non-hydrogen) atoms. The van der Waals surface area contributed by atoms with Crippen molar-refractivity contribution >= 4 is 23.0 Å². The van der Waals surface area contributed by atoms with Crippen molar-refractivity contribution < 1.29 is 4.79 Å². The summed E-state index contributed by atoms with van der Waals surface area (Å²) in [6.45, 7) is 6.97. The number of aryl methyl sites for hydroxylation is 1. The lowest BCUT2D eigenvalue weighted by atomic mass is 10.0. The second-order valence-electron chi connectivity index (χ2n) is 3.90. The molecular formula is C13H17N3O. The van der Waals surface area contributed by atoms with Crippen LogP contribution in [0.15, 0.2) is 18.3 Å². The van der Waals surface area contributed by atoms with Gasteiger partial charge in [0.1, 0.15) is 5.82 Å². The molecule has 0 aliphatic carbocycles. The van der Waals surface area contributed by atoms with E-state index in [4.69, 9.17) is 5.41 Å². The first-order valence-electron chi connectivity index (χ1n) is 5.42. The Hall–Kier alpha value is -1.97. The van der Waals surface area contributed by atoms with Crippen LogP contribution in [-0.4, -0.2) is 16.6 Å². The topological polar surface area (TPSA) is 65.8 Å². The number of pyridine rings is 1. The fourth-order valence-electron chi connectivity index (χ4n) is 1.62. The smallest absolute Gasteiger partial charge is 0.222 e. The third-order valence-corrected chi connectivity index (χ3v) is 2.38. The van der Waals surface area contributed by atoms with Crippen LogP contribution in [0.3, 0.4) is 0 Å². The van der Waals surface area contributed by atoms with Crippen molar-refractivity contribution in [3.63, 3.8) is 0 Å². The Labute approximate surface area is 101 Å². The maximum Gasteiger partial charge on any atom is 0.222 e. The monoisotopic (exact) mass is 231 g/mol. The molecule has 4 nitrogen and oxygen atoms in total. The number of carbonyl (C=O) groups is 1. The van der Waals surface area contributed by atoms with Gasteiger partial charge >= 0.3 is 0 Å². The van der Waals surface area contributed by atoms with Crippen LogP contribution < -0.4 is 5.32 Å². The summed E-state index contributed by atoms with van der Waals surface area (Å²) in [4.78, 5) is 15.2. The molecule has 0 atom stereocenters. The van der Waals surface area contributed by atoms with Gasteiger partial charge in [0.05, 0.1) is 0 Å². The maximum absolute atomic E-state index is 11.0. The minimum atomic E-state index is -0.136. The van der Waals surface area contributed by atoms with Crippen LogP contribution in [0.4, 0.5) is 5.82 Å². The van der Waals surface area contributed by atoms with Gasteiger partial charge in [0, 0.05) is 24.4 Å². The summed E-state index contributed by atoms with van der Waals surface area (Å²) >= 11 is 0. The zero-order valence-electron chi connectivity index (χ0n) is 10.6. The average molecular weight is 231 g/mol. The van der Waals surface area contributed by atoms with Gasteiger partial charge < -0.3 is 10.7 Å². The molecule has 0 fully saturated rings. The molecule has 90 valence electrons. The molecule has 0 aliphatic heterocycles. The van der Waals surface area contributed by atoms with E-state index in [2.05, 4.69) is 10.3 Å². The Kier molecular flexibility index (Phi) is 4.15. The first kappa shape index (κ1) is 13.1. The van der Waals surface area contributed by atoms with E-state index >= 15 is 0 Å². The van der Waals surface area contributed by atoms with E-state index in [1.807, 2.05) is 26.0 Å². The van der Waals surface area contributed by atoms with E-state index in [0.717, 1.165) is 16.7 Å². The number of nitrogens with zero attached hydrogens (tertiary/aromatic N) is 1. The predicted molar refractivity (Wildman–Crippen MR) is 70.3 cm³/mol. The summed E-state index contributed by atoms with van der Waals surface area (Å²) in [6.07, 6.45) is 3.56. The van der Waals surface area contributed by atoms with Crippen molar-refractivity contribution in [2.24, 2.45) is 0 Å². The van der Waals surface area contributed by atoms with Crippen molar-refractivity contribution in [3.8, 4) is 0 Å². The lowest BCUT2D eigenvalue weighted by molar-refractivity contribution is -0.114. The minimum Gasteiger partial charge on any atom is -0.311 e. The molecule has 0 radical (unpaired) electrons. The van der Waals surface area contributed by atoms with Crippen molar-refractivity contribution in [1.29, 1.82) is 5.41 Å². The van der Waals surface area contributed by atoms with E-state index in [1.54, 1.807) is 13.1 Å². The Morgan fingerprint density at radius 2 is 2.12 bits per heavy atom. The molecule has 0 saturated carbocycles. The molecule has 0 aliphatic rings. The van der Waals surface area contributed by atoms with E-state index in [1.165, 1.54) is 6.92 Å². The summed E-state index contributed by atoms with van der Waals surface area (Å²) in [6, 6.07) is 1.92. The van der Waals surface area contributed by atoms with Crippen molar-refractivity contribution in [2.75, 3.05) is 5.32 Å². The second-order valence-corrected chi connectivity index (χ2v) is 3.90. The molecule has 0 spiro atoms. The Morgan fingerprint density at radius 1 is 1.47 bits per heavy atom. The largest absolute Gasteiger partial charge is 0.311 e. The highest BCUT2D eigenvalue weighted by Crippen LogP contribution is 2.20. The number of aromatic nitrogens is 1. The summed E-state index contributed by atoms with van der Waals surface area (Å²) in [7, 11) is 0. The first-order valence-corrected chi connectivity index (χ1v) is 5.42. The average Bonchev–Trinajstić information content (AvgIpc) is 2.22. The van der Waals surface area contributed by atoms with Gasteiger partial charge in [0.2, 0.25) is 5.91 Å². The molecule has 0 bridgehead atoms. The van der Waals surface area contributed by atoms with Gasteiger partial charge in [0.15, 0.2) is 0 Å². The van der Waals surface area contributed by atoms with Crippen LogP contribution in [0.5, 0.6) is 0 Å². The zero-order valence-corrected chi connectivity index (χ0v) is 10.6. The molecule has 1 rings (SSSR count). The zero-order chi connectivity index (χ0) is 13.0. The highest BCUT2D eigenvalue weighted by Gasteiger charge is 2.07. The van der Waals surface area contributed by atoms with Crippen LogP contribution in [-0.2, 0) is 4.79 Å². The predicted octanol–water partition coefficient (Wildman–Crippen LogP) is 2.79. The van der Waals surface area contributed by atoms with Crippen LogP contribution in [0.25, 0.3) is 5.57 Å². The number of hydrogen-bond acceptors (Lipinski definition) is 3. The third kappa shape index (κ3) is 3.24. The van der Waals surface area contributed by atoms with E-state index in [0.29, 0.717) is 11.5 Å². The standard InChI is InChI=1S/C13H17N3O/c1-5-12(9(3)14)11-6-8(2)13(15-7-11)16-10(4)17/h5-7,14H,1-4H3,(H,15,16,17)/b12-5-,14-9?. The quantitative estimate of drug-likeness (QED) is 0.785. The van der Waals surface area contributed by atoms with E-state index < -0.39 is 0 Å². The lowest BCUT2D eigenvalue weighted by Crippen LogP contribution is -2.09. The van der Waals surface area contributed by atoms with Gasteiger partial charge in [-0.1, -0.05) is 6.08 Å². The molecule has 0 unspecified atom stereocenters. The van der Waals surface area contributed by atoms with Crippen molar-refractivity contribution in [3.05, 3.63) is 29.5 Å². The number of hydrogen-bond donors (Lipinski definition) is 2. The number of allylic oxidation sites excluding steroid dienone is 2.